The molecule has 0 spiro atoms. The Kier molecular flexibility index (Phi) is 9.86. The Bertz CT molecular complexity index is 520. The summed E-state index contributed by atoms with van der Waals surface area (Å²) in [6.45, 7) is 3.69. The number of alkyl halides is 2. The number of sulfonamides is 1. The van der Waals surface area contributed by atoms with Gasteiger partial charge in [0.2, 0.25) is 0 Å². The highest BCUT2D eigenvalue weighted by atomic mass is 127. The van der Waals surface area contributed by atoms with Crippen molar-refractivity contribution in [3.8, 4) is 0 Å². The Morgan fingerprint density at radius 3 is 2.32 bits per heavy atom. The van der Waals surface area contributed by atoms with E-state index in [1.165, 1.54) is 12.8 Å². The topological polar surface area (TPSA) is 73.8 Å². The molecule has 1 aliphatic heterocycles. The Balaban J connectivity index is 0.00000312. The van der Waals surface area contributed by atoms with E-state index >= 15 is 0 Å². The van der Waals surface area contributed by atoms with Crippen LogP contribution in [0, 0.1) is 5.92 Å². The third-order valence-corrected chi connectivity index (χ3v) is 6.24. The molecule has 1 aliphatic carbocycles. The number of halogens is 3. The van der Waals surface area contributed by atoms with Crippen molar-refractivity contribution < 1.29 is 17.2 Å². The smallest absolute Gasteiger partial charge is 0.350 e. The SMILES string of the molecule is CCNC(=NCC1CCN(S(=O)(=O)C(F)F)CC1)NC1CCCC1.I. The lowest BCUT2D eigenvalue weighted by atomic mass is 9.98. The first-order chi connectivity index (χ1) is 11.4. The molecule has 0 radical (unpaired) electrons. The fourth-order valence-electron chi connectivity index (χ4n) is 3.26. The van der Waals surface area contributed by atoms with E-state index < -0.39 is 15.8 Å². The Morgan fingerprint density at radius 2 is 1.80 bits per heavy atom. The van der Waals surface area contributed by atoms with Gasteiger partial charge in [0.25, 0.3) is 10.0 Å². The number of nitrogens with one attached hydrogen (secondary N) is 2. The van der Waals surface area contributed by atoms with Crippen molar-refractivity contribution in [2.24, 2.45) is 10.9 Å². The molecule has 0 bridgehead atoms. The molecule has 2 aliphatic rings. The van der Waals surface area contributed by atoms with Crippen LogP contribution in [0.5, 0.6) is 0 Å². The Hall–Kier alpha value is -0.230. The van der Waals surface area contributed by atoms with Crippen molar-refractivity contribution in [1.29, 1.82) is 0 Å². The summed E-state index contributed by atoms with van der Waals surface area (Å²) in [6, 6.07) is 0.473. The van der Waals surface area contributed by atoms with Crippen LogP contribution in [0.25, 0.3) is 0 Å². The van der Waals surface area contributed by atoms with Crippen LogP contribution in [0.2, 0.25) is 0 Å². The lowest BCUT2D eigenvalue weighted by Crippen LogP contribution is -2.43. The minimum absolute atomic E-state index is 0. The first-order valence-corrected chi connectivity index (χ1v) is 10.3. The van der Waals surface area contributed by atoms with Crippen molar-refractivity contribution in [2.45, 2.75) is 57.2 Å². The van der Waals surface area contributed by atoms with Gasteiger partial charge in [-0.05, 0) is 38.5 Å². The van der Waals surface area contributed by atoms with Gasteiger partial charge < -0.3 is 10.6 Å². The fourth-order valence-corrected chi connectivity index (χ4v) is 4.21. The summed E-state index contributed by atoms with van der Waals surface area (Å²) in [5.41, 5.74) is 0. The van der Waals surface area contributed by atoms with Crippen LogP contribution in [0.4, 0.5) is 8.78 Å². The molecule has 2 fully saturated rings. The summed E-state index contributed by atoms with van der Waals surface area (Å²) < 4.78 is 48.9. The van der Waals surface area contributed by atoms with Crippen molar-refractivity contribution in [3.63, 3.8) is 0 Å². The van der Waals surface area contributed by atoms with E-state index in [0.29, 0.717) is 25.4 Å². The van der Waals surface area contributed by atoms with E-state index in [1.807, 2.05) is 6.92 Å². The number of rotatable bonds is 6. The summed E-state index contributed by atoms with van der Waals surface area (Å²) >= 11 is 0. The summed E-state index contributed by atoms with van der Waals surface area (Å²) in [7, 11) is -4.44. The standard InChI is InChI=1S/C15H28F2N4O2S.HI/c1-2-18-15(20-13-5-3-4-6-13)19-11-12-7-9-21(10-8-12)24(22,23)14(16)17;/h12-14H,2-11H2,1H3,(H2,18,19,20);1H. The van der Waals surface area contributed by atoms with Gasteiger partial charge in [-0.15, -0.1) is 24.0 Å². The summed E-state index contributed by atoms with van der Waals surface area (Å²) in [4.78, 5) is 4.60. The molecule has 2 rings (SSSR count). The van der Waals surface area contributed by atoms with Crippen LogP contribution in [-0.4, -0.2) is 56.7 Å². The largest absolute Gasteiger partial charge is 0.357 e. The quantitative estimate of drug-likeness (QED) is 0.338. The van der Waals surface area contributed by atoms with Gasteiger partial charge in [-0.1, -0.05) is 12.8 Å². The van der Waals surface area contributed by atoms with Gasteiger partial charge in [-0.2, -0.15) is 13.1 Å². The minimum Gasteiger partial charge on any atom is -0.357 e. The summed E-state index contributed by atoms with van der Waals surface area (Å²) in [5.74, 6) is -2.30. The highest BCUT2D eigenvalue weighted by Gasteiger charge is 2.34. The number of nitrogens with zero attached hydrogens (tertiary/aromatic N) is 2. The summed E-state index contributed by atoms with van der Waals surface area (Å²) in [5, 5.41) is 6.67. The van der Waals surface area contributed by atoms with Gasteiger partial charge in [-0.3, -0.25) is 4.99 Å². The van der Waals surface area contributed by atoms with Crippen molar-refractivity contribution in [3.05, 3.63) is 0 Å². The lowest BCUT2D eigenvalue weighted by Gasteiger charge is -2.30. The number of piperidine rings is 1. The molecule has 0 aromatic rings. The molecule has 10 heteroatoms. The van der Waals surface area contributed by atoms with E-state index in [9.17, 15) is 17.2 Å². The molecule has 1 heterocycles. The second kappa shape index (κ2) is 10.8. The minimum atomic E-state index is -4.44. The van der Waals surface area contributed by atoms with Crippen LogP contribution in [0.15, 0.2) is 4.99 Å². The number of hydrogen-bond donors (Lipinski definition) is 2. The predicted molar refractivity (Wildman–Crippen MR) is 106 cm³/mol. The predicted octanol–water partition coefficient (Wildman–Crippen LogP) is 2.37. The monoisotopic (exact) mass is 494 g/mol. The zero-order chi connectivity index (χ0) is 17.6. The maximum atomic E-state index is 12.6. The Labute approximate surface area is 166 Å². The van der Waals surface area contributed by atoms with Crippen LogP contribution >= 0.6 is 24.0 Å². The molecule has 0 aromatic carbocycles. The van der Waals surface area contributed by atoms with Crippen LogP contribution < -0.4 is 10.6 Å². The molecule has 0 unspecified atom stereocenters. The van der Waals surface area contributed by atoms with Crippen LogP contribution in [0.3, 0.4) is 0 Å². The average molecular weight is 494 g/mol. The summed E-state index contributed by atoms with van der Waals surface area (Å²) in [6.07, 6.45) is 5.95. The number of hydrogen-bond acceptors (Lipinski definition) is 3. The van der Waals surface area contributed by atoms with Gasteiger partial charge in [0.15, 0.2) is 5.96 Å². The zero-order valence-electron chi connectivity index (χ0n) is 14.6. The molecule has 0 aromatic heterocycles. The second-order valence-corrected chi connectivity index (χ2v) is 8.40. The van der Waals surface area contributed by atoms with Crippen LogP contribution in [-0.2, 0) is 10.0 Å². The zero-order valence-corrected chi connectivity index (χ0v) is 17.7. The van der Waals surface area contributed by atoms with Crippen molar-refractivity contribution in [2.75, 3.05) is 26.2 Å². The van der Waals surface area contributed by atoms with E-state index in [2.05, 4.69) is 15.6 Å². The van der Waals surface area contributed by atoms with E-state index in [4.69, 9.17) is 0 Å². The maximum absolute atomic E-state index is 12.6. The van der Waals surface area contributed by atoms with Crippen molar-refractivity contribution in [1.82, 2.24) is 14.9 Å². The van der Waals surface area contributed by atoms with E-state index in [0.717, 1.165) is 29.7 Å². The highest BCUT2D eigenvalue weighted by molar-refractivity contribution is 14.0. The Morgan fingerprint density at radius 1 is 1.20 bits per heavy atom. The molecule has 0 amide bonds. The molecular formula is C15H29F2IN4O2S. The molecule has 0 atom stereocenters. The first kappa shape index (κ1) is 22.8. The van der Waals surface area contributed by atoms with E-state index in [1.54, 1.807) is 0 Å². The lowest BCUT2D eigenvalue weighted by molar-refractivity contribution is 0.205. The molecule has 6 nitrogen and oxygen atoms in total. The molecule has 25 heavy (non-hydrogen) atoms. The second-order valence-electron chi connectivity index (χ2n) is 6.49. The number of guanidine groups is 1. The normalized spacial score (nSPS) is 21.4. The van der Waals surface area contributed by atoms with Gasteiger partial charge in [0.1, 0.15) is 0 Å². The van der Waals surface area contributed by atoms with E-state index in [-0.39, 0.29) is 43.0 Å². The van der Waals surface area contributed by atoms with Gasteiger partial charge in [0, 0.05) is 32.2 Å². The molecular weight excluding hydrogens is 465 g/mol. The van der Waals surface area contributed by atoms with Crippen LogP contribution in [0.1, 0.15) is 45.4 Å². The molecule has 148 valence electrons. The highest BCUT2D eigenvalue weighted by Crippen LogP contribution is 2.23. The van der Waals surface area contributed by atoms with Gasteiger partial charge >= 0.3 is 5.76 Å². The van der Waals surface area contributed by atoms with Gasteiger partial charge in [-0.25, -0.2) is 8.42 Å². The molecule has 1 saturated heterocycles. The third kappa shape index (κ3) is 6.78. The first-order valence-electron chi connectivity index (χ1n) is 8.75. The maximum Gasteiger partial charge on any atom is 0.350 e. The van der Waals surface area contributed by atoms with Gasteiger partial charge in [0.05, 0.1) is 0 Å². The van der Waals surface area contributed by atoms with Crippen molar-refractivity contribution >= 4 is 40.0 Å². The average Bonchev–Trinajstić information content (AvgIpc) is 3.06. The number of aliphatic imine (C=N–C) groups is 1. The molecule has 2 N–H and O–H groups in total. The third-order valence-electron chi connectivity index (χ3n) is 4.71. The fraction of sp³-hybridized carbons (Fsp3) is 0.933. The molecule has 1 saturated carbocycles.